The Morgan fingerprint density at radius 3 is 2.46 bits per heavy atom. The molecule has 0 atom stereocenters. The van der Waals surface area contributed by atoms with Gasteiger partial charge in [-0.2, -0.15) is 0 Å². The summed E-state index contributed by atoms with van der Waals surface area (Å²) in [5.41, 5.74) is 0.351. The lowest BCUT2D eigenvalue weighted by molar-refractivity contribution is 0.0920. The van der Waals surface area contributed by atoms with Gasteiger partial charge in [-0.3, -0.25) is 4.79 Å². The summed E-state index contributed by atoms with van der Waals surface area (Å²) < 4.78 is 5.02. The highest BCUT2D eigenvalue weighted by Gasteiger charge is 2.23. The fourth-order valence-electron chi connectivity index (χ4n) is 3.45. The van der Waals surface area contributed by atoms with Crippen LogP contribution in [-0.4, -0.2) is 65.9 Å². The van der Waals surface area contributed by atoms with E-state index >= 15 is 0 Å². The molecule has 0 aromatic carbocycles. The molecule has 1 aromatic rings. The van der Waals surface area contributed by atoms with Gasteiger partial charge in [-0.1, -0.05) is 19.3 Å². The van der Waals surface area contributed by atoms with Crippen LogP contribution in [0.15, 0.2) is 12.1 Å². The number of piperazine rings is 1. The third-order valence-corrected chi connectivity index (χ3v) is 4.95. The number of amides is 2. The molecule has 2 aliphatic rings. The molecule has 26 heavy (non-hydrogen) atoms. The second-order valence-electron chi connectivity index (χ2n) is 6.76. The van der Waals surface area contributed by atoms with E-state index in [9.17, 15) is 9.59 Å². The van der Waals surface area contributed by atoms with Gasteiger partial charge in [0, 0.05) is 32.2 Å². The molecule has 1 aliphatic carbocycles. The number of ether oxygens (including phenoxy) is 1. The van der Waals surface area contributed by atoms with Crippen molar-refractivity contribution in [2.75, 3.05) is 37.7 Å². The van der Waals surface area contributed by atoms with Gasteiger partial charge in [-0.25, -0.2) is 4.79 Å². The third-order valence-electron chi connectivity index (χ3n) is 4.95. The number of rotatable bonds is 4. The summed E-state index contributed by atoms with van der Waals surface area (Å²) in [6.45, 7) is 4.70. The lowest BCUT2D eigenvalue weighted by Gasteiger charge is -2.34. The molecule has 2 fully saturated rings. The number of carbonyl (C=O) groups excluding carboxylic acids is 2. The van der Waals surface area contributed by atoms with E-state index in [1.54, 1.807) is 17.9 Å². The third kappa shape index (κ3) is 4.62. The lowest BCUT2D eigenvalue weighted by Crippen LogP contribution is -2.49. The molecule has 142 valence electrons. The zero-order valence-corrected chi connectivity index (χ0v) is 15.3. The average Bonchev–Trinajstić information content (AvgIpc) is 2.69. The Hall–Kier alpha value is -2.38. The van der Waals surface area contributed by atoms with Gasteiger partial charge in [-0.15, -0.1) is 10.2 Å². The van der Waals surface area contributed by atoms with E-state index in [1.807, 2.05) is 6.07 Å². The molecule has 0 unspecified atom stereocenters. The molecule has 1 aromatic heterocycles. The van der Waals surface area contributed by atoms with Gasteiger partial charge in [0.1, 0.15) is 0 Å². The average molecular weight is 361 g/mol. The quantitative estimate of drug-likeness (QED) is 0.880. The summed E-state index contributed by atoms with van der Waals surface area (Å²) in [6.07, 6.45) is 5.42. The standard InChI is InChI=1S/C18H27N5O3/c1-2-26-18(25)23-12-10-22(11-13-23)16-9-8-15(20-21-16)17(24)19-14-6-4-3-5-7-14/h8-9,14H,2-7,10-13H2,1H3,(H,19,24). The van der Waals surface area contributed by atoms with Crippen molar-refractivity contribution in [3.63, 3.8) is 0 Å². The van der Waals surface area contributed by atoms with Crippen molar-refractivity contribution in [3.8, 4) is 0 Å². The second kappa shape index (κ2) is 8.82. The summed E-state index contributed by atoms with van der Waals surface area (Å²) in [6, 6.07) is 3.80. The molecular formula is C18H27N5O3. The fourth-order valence-corrected chi connectivity index (χ4v) is 3.45. The second-order valence-corrected chi connectivity index (χ2v) is 6.76. The Balaban J connectivity index is 1.51. The summed E-state index contributed by atoms with van der Waals surface area (Å²) >= 11 is 0. The molecule has 0 spiro atoms. The molecule has 2 amide bonds. The van der Waals surface area contributed by atoms with E-state index < -0.39 is 0 Å². The van der Waals surface area contributed by atoms with Crippen LogP contribution in [0.4, 0.5) is 10.6 Å². The monoisotopic (exact) mass is 361 g/mol. The minimum atomic E-state index is -0.270. The lowest BCUT2D eigenvalue weighted by atomic mass is 9.95. The number of carbonyl (C=O) groups is 2. The Morgan fingerprint density at radius 1 is 1.12 bits per heavy atom. The Kier molecular flexibility index (Phi) is 6.25. The zero-order chi connectivity index (χ0) is 18.4. The normalized spacial score (nSPS) is 18.5. The largest absolute Gasteiger partial charge is 0.450 e. The van der Waals surface area contributed by atoms with Crippen LogP contribution in [0.5, 0.6) is 0 Å². The van der Waals surface area contributed by atoms with Crippen molar-refractivity contribution >= 4 is 17.8 Å². The van der Waals surface area contributed by atoms with E-state index in [2.05, 4.69) is 20.4 Å². The maximum atomic E-state index is 12.3. The Bertz CT molecular complexity index is 608. The fraction of sp³-hybridized carbons (Fsp3) is 0.667. The summed E-state index contributed by atoms with van der Waals surface area (Å²) in [7, 11) is 0. The SMILES string of the molecule is CCOC(=O)N1CCN(c2ccc(C(=O)NC3CCCCC3)nn2)CC1. The molecule has 1 N–H and O–H groups in total. The van der Waals surface area contributed by atoms with Gasteiger partial charge in [0.25, 0.3) is 5.91 Å². The highest BCUT2D eigenvalue weighted by atomic mass is 16.6. The smallest absolute Gasteiger partial charge is 0.409 e. The highest BCUT2D eigenvalue weighted by Crippen LogP contribution is 2.18. The van der Waals surface area contributed by atoms with Crippen molar-refractivity contribution in [3.05, 3.63) is 17.8 Å². The number of anilines is 1. The first kappa shape index (κ1) is 18.4. The molecule has 0 radical (unpaired) electrons. The van der Waals surface area contributed by atoms with E-state index in [-0.39, 0.29) is 18.0 Å². The molecule has 8 heteroatoms. The van der Waals surface area contributed by atoms with Crippen LogP contribution in [0, 0.1) is 0 Å². The van der Waals surface area contributed by atoms with Crippen molar-refractivity contribution in [2.45, 2.75) is 45.1 Å². The van der Waals surface area contributed by atoms with E-state index in [1.165, 1.54) is 19.3 Å². The minimum absolute atomic E-state index is 0.150. The number of hydrogen-bond acceptors (Lipinski definition) is 6. The van der Waals surface area contributed by atoms with Gasteiger partial charge >= 0.3 is 6.09 Å². The summed E-state index contributed by atoms with van der Waals surface area (Å²) in [4.78, 5) is 27.8. The van der Waals surface area contributed by atoms with Gasteiger partial charge in [0.15, 0.2) is 11.5 Å². The predicted octanol–water partition coefficient (Wildman–Crippen LogP) is 1.82. The highest BCUT2D eigenvalue weighted by molar-refractivity contribution is 5.92. The van der Waals surface area contributed by atoms with Crippen molar-refractivity contribution in [1.82, 2.24) is 20.4 Å². The maximum absolute atomic E-state index is 12.3. The molecule has 1 saturated heterocycles. The number of nitrogens with one attached hydrogen (secondary N) is 1. The Morgan fingerprint density at radius 2 is 1.85 bits per heavy atom. The van der Waals surface area contributed by atoms with Crippen LogP contribution >= 0.6 is 0 Å². The molecule has 1 saturated carbocycles. The molecule has 2 heterocycles. The van der Waals surface area contributed by atoms with Gasteiger partial charge in [0.05, 0.1) is 6.61 Å². The van der Waals surface area contributed by atoms with Crippen molar-refractivity contribution in [1.29, 1.82) is 0 Å². The number of nitrogens with zero attached hydrogens (tertiary/aromatic N) is 4. The van der Waals surface area contributed by atoms with Crippen LogP contribution in [0.25, 0.3) is 0 Å². The summed E-state index contributed by atoms with van der Waals surface area (Å²) in [5, 5.41) is 11.3. The van der Waals surface area contributed by atoms with E-state index in [4.69, 9.17) is 4.74 Å². The number of aromatic nitrogens is 2. The first-order chi connectivity index (χ1) is 12.7. The van der Waals surface area contributed by atoms with Crippen LogP contribution in [0.1, 0.15) is 49.5 Å². The van der Waals surface area contributed by atoms with Gasteiger partial charge < -0.3 is 19.9 Å². The summed E-state index contributed by atoms with van der Waals surface area (Å²) in [5.74, 6) is 0.575. The van der Waals surface area contributed by atoms with Crippen molar-refractivity contribution in [2.24, 2.45) is 0 Å². The topological polar surface area (TPSA) is 87.7 Å². The molecule has 0 bridgehead atoms. The van der Waals surface area contributed by atoms with Gasteiger partial charge in [-0.05, 0) is 31.9 Å². The molecule has 1 aliphatic heterocycles. The van der Waals surface area contributed by atoms with E-state index in [0.29, 0.717) is 38.5 Å². The minimum Gasteiger partial charge on any atom is -0.450 e. The first-order valence-electron chi connectivity index (χ1n) is 9.48. The van der Waals surface area contributed by atoms with Gasteiger partial charge in [0.2, 0.25) is 0 Å². The molecular weight excluding hydrogens is 334 g/mol. The van der Waals surface area contributed by atoms with Crippen LogP contribution < -0.4 is 10.2 Å². The van der Waals surface area contributed by atoms with Crippen LogP contribution in [0.3, 0.4) is 0 Å². The number of hydrogen-bond donors (Lipinski definition) is 1. The molecule has 8 nitrogen and oxygen atoms in total. The maximum Gasteiger partial charge on any atom is 0.409 e. The predicted molar refractivity (Wildman–Crippen MR) is 97.2 cm³/mol. The zero-order valence-electron chi connectivity index (χ0n) is 15.3. The van der Waals surface area contributed by atoms with Crippen LogP contribution in [-0.2, 0) is 4.74 Å². The molecule has 3 rings (SSSR count). The van der Waals surface area contributed by atoms with Crippen molar-refractivity contribution < 1.29 is 14.3 Å². The first-order valence-corrected chi connectivity index (χ1v) is 9.48. The van der Waals surface area contributed by atoms with E-state index in [0.717, 1.165) is 18.7 Å². The Labute approximate surface area is 153 Å². The van der Waals surface area contributed by atoms with Crippen LogP contribution in [0.2, 0.25) is 0 Å².